The predicted octanol–water partition coefficient (Wildman–Crippen LogP) is 3.82. The molecule has 4 rings (SSSR count). The highest BCUT2D eigenvalue weighted by Crippen LogP contribution is 2.33. The maximum Gasteiger partial charge on any atom is 0.325 e. The van der Waals surface area contributed by atoms with Crippen molar-refractivity contribution in [2.75, 3.05) is 13.2 Å². The van der Waals surface area contributed by atoms with Crippen LogP contribution in [0.25, 0.3) is 10.8 Å². The summed E-state index contributed by atoms with van der Waals surface area (Å²) in [5.41, 5.74) is -0.408. The second-order valence-corrected chi connectivity index (χ2v) is 6.84. The highest BCUT2D eigenvalue weighted by atomic mass is 19.1. The molecule has 1 heterocycles. The Morgan fingerprint density at radius 1 is 1.04 bits per heavy atom. The van der Waals surface area contributed by atoms with E-state index in [2.05, 4.69) is 5.32 Å². The van der Waals surface area contributed by atoms with Crippen molar-refractivity contribution in [3.63, 3.8) is 0 Å². The van der Waals surface area contributed by atoms with Gasteiger partial charge in [-0.2, -0.15) is 0 Å². The summed E-state index contributed by atoms with van der Waals surface area (Å²) in [6, 6.07) is 18.7. The first-order chi connectivity index (χ1) is 13.5. The summed E-state index contributed by atoms with van der Waals surface area (Å²) >= 11 is 0. The van der Waals surface area contributed by atoms with E-state index in [-0.39, 0.29) is 19.1 Å². The van der Waals surface area contributed by atoms with E-state index in [4.69, 9.17) is 4.74 Å². The van der Waals surface area contributed by atoms with E-state index >= 15 is 0 Å². The van der Waals surface area contributed by atoms with Crippen LogP contribution >= 0.6 is 0 Å². The SMILES string of the molecule is CC1(c2cccc3ccccc23)NC(=O)N(CCOc2cccc(F)c2)C1=O. The number of ether oxygens (including phenoxy) is 1. The lowest BCUT2D eigenvalue weighted by atomic mass is 9.88. The molecule has 0 spiro atoms. The number of imide groups is 1. The van der Waals surface area contributed by atoms with Crippen LogP contribution in [-0.4, -0.2) is 30.0 Å². The van der Waals surface area contributed by atoms with Crippen molar-refractivity contribution in [3.05, 3.63) is 78.1 Å². The molecule has 1 fully saturated rings. The lowest BCUT2D eigenvalue weighted by Crippen LogP contribution is -2.41. The number of rotatable bonds is 5. The minimum absolute atomic E-state index is 0.0710. The van der Waals surface area contributed by atoms with E-state index < -0.39 is 17.4 Å². The lowest BCUT2D eigenvalue weighted by Gasteiger charge is -2.24. The average Bonchev–Trinajstić information content (AvgIpc) is 2.91. The van der Waals surface area contributed by atoms with Gasteiger partial charge in [-0.05, 0) is 35.4 Å². The molecule has 5 nitrogen and oxygen atoms in total. The third-order valence-corrected chi connectivity index (χ3v) is 4.98. The molecule has 3 aromatic carbocycles. The summed E-state index contributed by atoms with van der Waals surface area (Å²) in [5, 5.41) is 4.73. The zero-order chi connectivity index (χ0) is 19.7. The van der Waals surface area contributed by atoms with Gasteiger partial charge in [-0.3, -0.25) is 9.69 Å². The molecule has 0 aromatic heterocycles. The van der Waals surface area contributed by atoms with Crippen LogP contribution in [-0.2, 0) is 10.3 Å². The number of amides is 3. The number of benzene rings is 3. The van der Waals surface area contributed by atoms with Crippen molar-refractivity contribution in [2.24, 2.45) is 0 Å². The van der Waals surface area contributed by atoms with Crippen molar-refractivity contribution in [2.45, 2.75) is 12.5 Å². The molecule has 3 aromatic rings. The first-order valence-electron chi connectivity index (χ1n) is 9.00. The summed E-state index contributed by atoms with van der Waals surface area (Å²) in [5.74, 6) is -0.392. The van der Waals surface area contributed by atoms with Crippen LogP contribution in [0.5, 0.6) is 5.75 Å². The van der Waals surface area contributed by atoms with Crippen LogP contribution in [0, 0.1) is 5.82 Å². The fraction of sp³-hybridized carbons (Fsp3) is 0.182. The van der Waals surface area contributed by atoms with Crippen LogP contribution in [0.15, 0.2) is 66.7 Å². The summed E-state index contributed by atoms with van der Waals surface area (Å²) in [7, 11) is 0. The maximum atomic E-state index is 13.2. The Labute approximate surface area is 161 Å². The number of urea groups is 1. The zero-order valence-electron chi connectivity index (χ0n) is 15.3. The molecule has 1 saturated heterocycles. The standard InChI is InChI=1S/C22H19FN2O3/c1-22(19-11-4-7-15-6-2-3-10-18(15)19)20(26)25(21(27)24-22)12-13-28-17-9-5-8-16(23)14-17/h2-11,14H,12-13H2,1H3,(H,24,27). The maximum absolute atomic E-state index is 13.2. The second-order valence-electron chi connectivity index (χ2n) is 6.84. The van der Waals surface area contributed by atoms with Gasteiger partial charge in [-0.15, -0.1) is 0 Å². The first-order valence-corrected chi connectivity index (χ1v) is 9.00. The second kappa shape index (κ2) is 6.96. The molecule has 1 unspecified atom stereocenters. The Morgan fingerprint density at radius 2 is 1.79 bits per heavy atom. The molecule has 0 aliphatic carbocycles. The normalized spacial score (nSPS) is 19.1. The van der Waals surface area contributed by atoms with E-state index in [9.17, 15) is 14.0 Å². The van der Waals surface area contributed by atoms with Gasteiger partial charge in [-0.1, -0.05) is 48.5 Å². The van der Waals surface area contributed by atoms with Crippen molar-refractivity contribution < 1.29 is 18.7 Å². The Morgan fingerprint density at radius 3 is 2.61 bits per heavy atom. The van der Waals surface area contributed by atoms with Crippen molar-refractivity contribution in [3.8, 4) is 5.75 Å². The van der Waals surface area contributed by atoms with E-state index in [0.717, 1.165) is 21.2 Å². The molecule has 28 heavy (non-hydrogen) atoms. The number of nitrogens with zero attached hydrogens (tertiary/aromatic N) is 1. The third-order valence-electron chi connectivity index (χ3n) is 4.98. The number of hydrogen-bond acceptors (Lipinski definition) is 3. The highest BCUT2D eigenvalue weighted by Gasteiger charge is 2.49. The summed E-state index contributed by atoms with van der Waals surface area (Å²) in [4.78, 5) is 26.7. The molecule has 142 valence electrons. The Hall–Kier alpha value is -3.41. The van der Waals surface area contributed by atoms with Gasteiger partial charge in [0, 0.05) is 6.07 Å². The van der Waals surface area contributed by atoms with Gasteiger partial charge < -0.3 is 10.1 Å². The molecule has 0 radical (unpaired) electrons. The minimum atomic E-state index is -1.16. The van der Waals surface area contributed by atoms with Crippen LogP contribution < -0.4 is 10.1 Å². The van der Waals surface area contributed by atoms with E-state index in [1.165, 1.54) is 18.2 Å². The lowest BCUT2D eigenvalue weighted by molar-refractivity contribution is -0.131. The number of nitrogens with one attached hydrogen (secondary N) is 1. The molecule has 0 saturated carbocycles. The van der Waals surface area contributed by atoms with Crippen LogP contribution in [0.4, 0.5) is 9.18 Å². The van der Waals surface area contributed by atoms with Crippen molar-refractivity contribution in [1.82, 2.24) is 10.2 Å². The van der Waals surface area contributed by atoms with E-state index in [1.54, 1.807) is 13.0 Å². The third kappa shape index (κ3) is 3.07. The Bertz CT molecular complexity index is 1060. The number of halogens is 1. The molecule has 1 aliphatic heterocycles. The molecule has 1 atom stereocenters. The van der Waals surface area contributed by atoms with Crippen LogP contribution in [0.2, 0.25) is 0 Å². The minimum Gasteiger partial charge on any atom is -0.492 e. The van der Waals surface area contributed by atoms with Gasteiger partial charge in [0.2, 0.25) is 0 Å². The van der Waals surface area contributed by atoms with Gasteiger partial charge in [-0.25, -0.2) is 9.18 Å². The average molecular weight is 378 g/mol. The molecular formula is C22H19FN2O3. The van der Waals surface area contributed by atoms with Gasteiger partial charge in [0.1, 0.15) is 23.7 Å². The van der Waals surface area contributed by atoms with E-state index in [0.29, 0.717) is 5.75 Å². The van der Waals surface area contributed by atoms with Crippen LogP contribution in [0.1, 0.15) is 12.5 Å². The first kappa shape index (κ1) is 18.0. The number of fused-ring (bicyclic) bond motifs is 1. The van der Waals surface area contributed by atoms with Crippen molar-refractivity contribution in [1.29, 1.82) is 0 Å². The molecular weight excluding hydrogens is 359 g/mol. The number of hydrogen-bond donors (Lipinski definition) is 1. The predicted molar refractivity (Wildman–Crippen MR) is 103 cm³/mol. The highest BCUT2D eigenvalue weighted by molar-refractivity contribution is 6.09. The van der Waals surface area contributed by atoms with Crippen LogP contribution in [0.3, 0.4) is 0 Å². The number of carbonyl (C=O) groups excluding carboxylic acids is 2. The summed E-state index contributed by atoms with van der Waals surface area (Å²) < 4.78 is 18.7. The molecule has 0 bridgehead atoms. The fourth-order valence-corrected chi connectivity index (χ4v) is 3.56. The Balaban J connectivity index is 1.54. The quantitative estimate of drug-likeness (QED) is 0.687. The topological polar surface area (TPSA) is 58.6 Å². The van der Waals surface area contributed by atoms with Gasteiger partial charge in [0.25, 0.3) is 5.91 Å². The molecule has 6 heteroatoms. The fourth-order valence-electron chi connectivity index (χ4n) is 3.56. The van der Waals surface area contributed by atoms with Gasteiger partial charge in [0.15, 0.2) is 0 Å². The molecule has 3 amide bonds. The zero-order valence-corrected chi connectivity index (χ0v) is 15.3. The molecule has 1 aliphatic rings. The summed E-state index contributed by atoms with van der Waals surface area (Å²) in [6.45, 7) is 1.86. The number of carbonyl (C=O) groups is 2. The van der Waals surface area contributed by atoms with E-state index in [1.807, 2.05) is 42.5 Å². The smallest absolute Gasteiger partial charge is 0.325 e. The Kier molecular flexibility index (Phi) is 4.47. The van der Waals surface area contributed by atoms with Gasteiger partial charge in [0.05, 0.1) is 6.54 Å². The largest absolute Gasteiger partial charge is 0.492 e. The summed E-state index contributed by atoms with van der Waals surface area (Å²) in [6.07, 6.45) is 0. The monoisotopic (exact) mass is 378 g/mol. The van der Waals surface area contributed by atoms with Crippen molar-refractivity contribution >= 4 is 22.7 Å². The molecule has 1 N–H and O–H groups in total. The van der Waals surface area contributed by atoms with Gasteiger partial charge >= 0.3 is 6.03 Å².